The third-order valence-corrected chi connectivity index (χ3v) is 5.18. The fourth-order valence-electron chi connectivity index (χ4n) is 2.46. The standard InChI is InChI=1S/C22H17Br2NO3/c1-27-22(26)19-4-2-3-5-21(19)25-13-15-6-10-18(11-7-15)28-14-16-8-9-17(23)12-20(16)24/h2-13H,14H2,1H3. The normalized spacial score (nSPS) is 10.8. The second-order valence-electron chi connectivity index (χ2n) is 5.86. The zero-order valence-corrected chi connectivity index (χ0v) is 18.2. The van der Waals surface area contributed by atoms with Crippen LogP contribution in [0, 0.1) is 0 Å². The van der Waals surface area contributed by atoms with Gasteiger partial charge in [-0.25, -0.2) is 4.79 Å². The van der Waals surface area contributed by atoms with Crippen molar-refractivity contribution in [3.63, 3.8) is 0 Å². The van der Waals surface area contributed by atoms with Gasteiger partial charge in [-0.2, -0.15) is 0 Å². The quantitative estimate of drug-likeness (QED) is 0.292. The third-order valence-electron chi connectivity index (χ3n) is 3.95. The van der Waals surface area contributed by atoms with E-state index in [1.54, 1.807) is 24.4 Å². The Kier molecular flexibility index (Phi) is 7.01. The molecule has 0 aliphatic carbocycles. The van der Waals surface area contributed by atoms with E-state index < -0.39 is 5.97 Å². The molecular weight excluding hydrogens is 486 g/mol. The Hall–Kier alpha value is -2.44. The largest absolute Gasteiger partial charge is 0.489 e. The van der Waals surface area contributed by atoms with Gasteiger partial charge in [0.2, 0.25) is 0 Å². The Labute approximate surface area is 180 Å². The molecule has 0 saturated carbocycles. The van der Waals surface area contributed by atoms with Crippen molar-refractivity contribution in [1.82, 2.24) is 0 Å². The van der Waals surface area contributed by atoms with Crippen molar-refractivity contribution in [1.29, 1.82) is 0 Å². The maximum Gasteiger partial charge on any atom is 0.340 e. The fraction of sp³-hybridized carbons (Fsp3) is 0.0909. The molecule has 3 aromatic rings. The van der Waals surface area contributed by atoms with Crippen molar-refractivity contribution in [2.45, 2.75) is 6.61 Å². The highest BCUT2D eigenvalue weighted by Crippen LogP contribution is 2.24. The van der Waals surface area contributed by atoms with Crippen LogP contribution in [-0.4, -0.2) is 19.3 Å². The van der Waals surface area contributed by atoms with Gasteiger partial charge in [-0.05, 0) is 54.1 Å². The molecule has 0 amide bonds. The second-order valence-corrected chi connectivity index (χ2v) is 7.63. The average Bonchev–Trinajstić information content (AvgIpc) is 2.72. The second kappa shape index (κ2) is 9.66. The van der Waals surface area contributed by atoms with Crippen molar-refractivity contribution in [2.24, 2.45) is 4.99 Å². The van der Waals surface area contributed by atoms with Gasteiger partial charge < -0.3 is 9.47 Å². The molecule has 0 unspecified atom stereocenters. The maximum atomic E-state index is 11.8. The number of carbonyl (C=O) groups excluding carboxylic acids is 1. The van der Waals surface area contributed by atoms with Gasteiger partial charge in [0, 0.05) is 20.7 Å². The van der Waals surface area contributed by atoms with Gasteiger partial charge >= 0.3 is 5.97 Å². The van der Waals surface area contributed by atoms with Crippen LogP contribution >= 0.6 is 31.9 Å². The number of carbonyl (C=O) groups is 1. The molecule has 0 aromatic heterocycles. The molecule has 0 atom stereocenters. The Morgan fingerprint density at radius 2 is 1.79 bits per heavy atom. The van der Waals surface area contributed by atoms with Crippen LogP contribution in [-0.2, 0) is 11.3 Å². The molecule has 6 heteroatoms. The number of hydrogen-bond acceptors (Lipinski definition) is 4. The molecule has 28 heavy (non-hydrogen) atoms. The number of benzene rings is 3. The third kappa shape index (κ3) is 5.30. The van der Waals surface area contributed by atoms with Crippen LogP contribution in [0.4, 0.5) is 5.69 Å². The van der Waals surface area contributed by atoms with Gasteiger partial charge in [-0.3, -0.25) is 4.99 Å². The monoisotopic (exact) mass is 501 g/mol. The summed E-state index contributed by atoms with van der Waals surface area (Å²) in [6.07, 6.45) is 1.71. The molecule has 0 N–H and O–H groups in total. The molecule has 0 aliphatic heterocycles. The minimum Gasteiger partial charge on any atom is -0.489 e. The van der Waals surface area contributed by atoms with E-state index in [4.69, 9.17) is 9.47 Å². The number of esters is 1. The van der Waals surface area contributed by atoms with E-state index in [1.807, 2.05) is 48.5 Å². The van der Waals surface area contributed by atoms with Crippen LogP contribution in [0.2, 0.25) is 0 Å². The number of rotatable bonds is 6. The lowest BCUT2D eigenvalue weighted by Crippen LogP contribution is -2.01. The summed E-state index contributed by atoms with van der Waals surface area (Å²) in [4.78, 5) is 16.2. The highest BCUT2D eigenvalue weighted by Gasteiger charge is 2.09. The Bertz CT molecular complexity index is 1000. The molecule has 0 spiro atoms. The molecule has 0 aliphatic rings. The predicted octanol–water partition coefficient (Wildman–Crippen LogP) is 6.33. The van der Waals surface area contributed by atoms with Crippen LogP contribution in [0.15, 0.2) is 80.7 Å². The summed E-state index contributed by atoms with van der Waals surface area (Å²) < 4.78 is 12.6. The van der Waals surface area contributed by atoms with Gasteiger partial charge in [-0.1, -0.05) is 50.1 Å². The SMILES string of the molecule is COC(=O)c1ccccc1N=Cc1ccc(OCc2ccc(Br)cc2Br)cc1. The van der Waals surface area contributed by atoms with Gasteiger partial charge in [0.1, 0.15) is 12.4 Å². The van der Waals surface area contributed by atoms with E-state index in [2.05, 4.69) is 36.9 Å². The molecule has 0 bridgehead atoms. The summed E-state index contributed by atoms with van der Waals surface area (Å²) in [5.41, 5.74) is 2.96. The Balaban J connectivity index is 1.66. The van der Waals surface area contributed by atoms with Crippen molar-refractivity contribution in [3.8, 4) is 5.75 Å². The molecule has 0 heterocycles. The summed E-state index contributed by atoms with van der Waals surface area (Å²) in [6.45, 7) is 0.466. The molecule has 0 radical (unpaired) electrons. The highest BCUT2D eigenvalue weighted by molar-refractivity contribution is 9.11. The van der Waals surface area contributed by atoms with Crippen molar-refractivity contribution in [3.05, 3.63) is 92.4 Å². The summed E-state index contributed by atoms with van der Waals surface area (Å²) in [5.74, 6) is 0.359. The first-order valence-electron chi connectivity index (χ1n) is 8.45. The maximum absolute atomic E-state index is 11.8. The molecular formula is C22H17Br2NO3. The van der Waals surface area contributed by atoms with Gasteiger partial charge in [0.15, 0.2) is 0 Å². The molecule has 3 aromatic carbocycles. The average molecular weight is 503 g/mol. The minimum absolute atomic E-state index is 0.407. The molecule has 3 rings (SSSR count). The first kappa shape index (κ1) is 20.3. The van der Waals surface area contributed by atoms with E-state index >= 15 is 0 Å². The van der Waals surface area contributed by atoms with Gasteiger partial charge in [-0.15, -0.1) is 0 Å². The zero-order valence-electron chi connectivity index (χ0n) is 15.1. The minimum atomic E-state index is -0.407. The van der Waals surface area contributed by atoms with Crippen molar-refractivity contribution in [2.75, 3.05) is 7.11 Å². The van der Waals surface area contributed by atoms with Crippen LogP contribution in [0.1, 0.15) is 21.5 Å². The molecule has 0 saturated heterocycles. The van der Waals surface area contributed by atoms with E-state index in [0.29, 0.717) is 17.9 Å². The summed E-state index contributed by atoms with van der Waals surface area (Å²) in [7, 11) is 1.36. The zero-order chi connectivity index (χ0) is 19.9. The summed E-state index contributed by atoms with van der Waals surface area (Å²) in [5, 5.41) is 0. The lowest BCUT2D eigenvalue weighted by Gasteiger charge is -2.08. The number of para-hydroxylation sites is 1. The number of methoxy groups -OCH3 is 1. The van der Waals surface area contributed by atoms with Crippen LogP contribution in [0.25, 0.3) is 0 Å². The smallest absolute Gasteiger partial charge is 0.340 e. The lowest BCUT2D eigenvalue weighted by molar-refractivity contribution is 0.0601. The van der Waals surface area contributed by atoms with Gasteiger partial charge in [0.05, 0.1) is 18.4 Å². The van der Waals surface area contributed by atoms with Crippen LogP contribution in [0.5, 0.6) is 5.75 Å². The van der Waals surface area contributed by atoms with Crippen LogP contribution < -0.4 is 4.74 Å². The number of nitrogens with zero attached hydrogens (tertiary/aromatic N) is 1. The molecule has 142 valence electrons. The first-order chi connectivity index (χ1) is 13.6. The Morgan fingerprint density at radius 1 is 1.04 bits per heavy atom. The highest BCUT2D eigenvalue weighted by atomic mass is 79.9. The van der Waals surface area contributed by atoms with E-state index in [-0.39, 0.29) is 0 Å². The number of halogens is 2. The lowest BCUT2D eigenvalue weighted by atomic mass is 10.2. The van der Waals surface area contributed by atoms with E-state index in [9.17, 15) is 4.79 Å². The Morgan fingerprint density at radius 3 is 2.50 bits per heavy atom. The fourth-order valence-corrected chi connectivity index (χ4v) is 3.62. The van der Waals surface area contributed by atoms with E-state index in [0.717, 1.165) is 25.8 Å². The number of ether oxygens (including phenoxy) is 2. The summed E-state index contributed by atoms with van der Waals surface area (Å²) >= 11 is 6.98. The summed E-state index contributed by atoms with van der Waals surface area (Å²) in [6, 6.07) is 20.7. The van der Waals surface area contributed by atoms with Crippen molar-refractivity contribution < 1.29 is 14.3 Å². The van der Waals surface area contributed by atoms with E-state index in [1.165, 1.54) is 7.11 Å². The van der Waals surface area contributed by atoms with Crippen LogP contribution in [0.3, 0.4) is 0 Å². The predicted molar refractivity (Wildman–Crippen MR) is 118 cm³/mol. The van der Waals surface area contributed by atoms with Gasteiger partial charge in [0.25, 0.3) is 0 Å². The first-order valence-corrected chi connectivity index (χ1v) is 10.0. The molecule has 4 nitrogen and oxygen atoms in total. The number of hydrogen-bond donors (Lipinski definition) is 0. The topological polar surface area (TPSA) is 47.9 Å². The molecule has 0 fully saturated rings. The van der Waals surface area contributed by atoms with Crippen molar-refractivity contribution >= 4 is 49.7 Å². The number of aliphatic imine (C=N–C) groups is 1.